The maximum atomic E-state index is 11.5. The third-order valence-electron chi connectivity index (χ3n) is 3.11. The van der Waals surface area contributed by atoms with Crippen LogP contribution in [0.25, 0.3) is 0 Å². The Morgan fingerprint density at radius 3 is 2.81 bits per heavy atom. The molecule has 120 valence electrons. The third kappa shape index (κ3) is 9.32. The zero-order valence-electron chi connectivity index (χ0n) is 12.9. The Morgan fingerprint density at radius 2 is 2.14 bits per heavy atom. The molecule has 3 N–H and O–H groups in total. The molecule has 1 amide bonds. The lowest BCUT2D eigenvalue weighted by Crippen LogP contribution is -2.31. The van der Waals surface area contributed by atoms with Crippen molar-refractivity contribution in [3.8, 4) is 5.75 Å². The van der Waals surface area contributed by atoms with Crippen LogP contribution in [-0.4, -0.2) is 25.6 Å². The molecule has 5 heteroatoms. The molecule has 1 unspecified atom stereocenters. The highest BCUT2D eigenvalue weighted by atomic mass is 35.5. The van der Waals surface area contributed by atoms with Gasteiger partial charge in [0.1, 0.15) is 5.75 Å². The molecular formula is C16H27ClN2O2. The standard InChI is InChI=1S/C16H26N2O2.ClH/c1-13-6-5-7-15(10-13)20-9-4-3-8-16(19)18-12-14(2)11-17;/h5-7,10,14H,3-4,8-9,11-12,17H2,1-2H3,(H,18,19);1H. The Balaban J connectivity index is 0.00000400. The first kappa shape index (κ1) is 19.7. The Morgan fingerprint density at radius 1 is 1.38 bits per heavy atom. The molecule has 0 radical (unpaired) electrons. The number of aryl methyl sites for hydroxylation is 1. The van der Waals surface area contributed by atoms with Crippen molar-refractivity contribution >= 4 is 18.3 Å². The maximum Gasteiger partial charge on any atom is 0.220 e. The predicted molar refractivity (Wildman–Crippen MR) is 89.0 cm³/mol. The van der Waals surface area contributed by atoms with Crippen molar-refractivity contribution in [3.63, 3.8) is 0 Å². The summed E-state index contributed by atoms with van der Waals surface area (Å²) in [5.41, 5.74) is 6.69. The van der Waals surface area contributed by atoms with Gasteiger partial charge in [-0.05, 0) is 49.9 Å². The summed E-state index contributed by atoms with van der Waals surface area (Å²) in [7, 11) is 0. The molecule has 1 atom stereocenters. The van der Waals surface area contributed by atoms with Crippen molar-refractivity contribution in [3.05, 3.63) is 29.8 Å². The molecule has 1 aromatic carbocycles. The summed E-state index contributed by atoms with van der Waals surface area (Å²) in [5.74, 6) is 1.33. The summed E-state index contributed by atoms with van der Waals surface area (Å²) < 4.78 is 5.64. The molecule has 0 fully saturated rings. The van der Waals surface area contributed by atoms with E-state index in [4.69, 9.17) is 10.5 Å². The lowest BCUT2D eigenvalue weighted by Gasteiger charge is -2.10. The van der Waals surface area contributed by atoms with Crippen molar-refractivity contribution < 1.29 is 9.53 Å². The fraction of sp³-hybridized carbons (Fsp3) is 0.562. The number of benzene rings is 1. The summed E-state index contributed by atoms with van der Waals surface area (Å²) >= 11 is 0. The summed E-state index contributed by atoms with van der Waals surface area (Å²) in [6.45, 7) is 5.98. The van der Waals surface area contributed by atoms with Crippen molar-refractivity contribution in [2.45, 2.75) is 33.1 Å². The molecular weight excluding hydrogens is 288 g/mol. The van der Waals surface area contributed by atoms with Gasteiger partial charge >= 0.3 is 0 Å². The summed E-state index contributed by atoms with van der Waals surface area (Å²) in [5, 5.41) is 2.89. The number of ether oxygens (including phenoxy) is 1. The van der Waals surface area contributed by atoms with E-state index in [1.807, 2.05) is 38.1 Å². The molecule has 0 aliphatic heterocycles. The Labute approximate surface area is 133 Å². The average molecular weight is 315 g/mol. The number of hydrogen-bond acceptors (Lipinski definition) is 3. The highest BCUT2D eigenvalue weighted by molar-refractivity contribution is 5.85. The number of nitrogens with two attached hydrogens (primary N) is 1. The highest BCUT2D eigenvalue weighted by Crippen LogP contribution is 2.12. The van der Waals surface area contributed by atoms with Gasteiger partial charge < -0.3 is 15.8 Å². The van der Waals surface area contributed by atoms with Gasteiger partial charge in [-0.3, -0.25) is 4.79 Å². The minimum atomic E-state index is 0. The summed E-state index contributed by atoms with van der Waals surface area (Å²) in [6, 6.07) is 7.99. The van der Waals surface area contributed by atoms with Crippen LogP contribution in [-0.2, 0) is 4.79 Å². The van der Waals surface area contributed by atoms with Crippen LogP contribution in [0.3, 0.4) is 0 Å². The molecule has 0 aliphatic rings. The van der Waals surface area contributed by atoms with Crippen LogP contribution in [0, 0.1) is 12.8 Å². The van der Waals surface area contributed by atoms with Gasteiger partial charge in [0.15, 0.2) is 0 Å². The monoisotopic (exact) mass is 314 g/mol. The van der Waals surface area contributed by atoms with Crippen LogP contribution in [0.2, 0.25) is 0 Å². The van der Waals surface area contributed by atoms with Gasteiger partial charge in [0.25, 0.3) is 0 Å². The third-order valence-corrected chi connectivity index (χ3v) is 3.11. The van der Waals surface area contributed by atoms with Crippen molar-refractivity contribution in [1.29, 1.82) is 0 Å². The van der Waals surface area contributed by atoms with E-state index in [9.17, 15) is 4.79 Å². The van der Waals surface area contributed by atoms with Crippen LogP contribution in [0.5, 0.6) is 5.75 Å². The molecule has 1 rings (SSSR count). The molecule has 0 saturated carbocycles. The zero-order valence-corrected chi connectivity index (χ0v) is 13.7. The number of hydrogen-bond donors (Lipinski definition) is 2. The van der Waals surface area contributed by atoms with Crippen LogP contribution in [0.15, 0.2) is 24.3 Å². The minimum Gasteiger partial charge on any atom is -0.494 e. The molecule has 0 aromatic heterocycles. The van der Waals surface area contributed by atoms with E-state index in [0.717, 1.165) is 18.6 Å². The average Bonchev–Trinajstić information content (AvgIpc) is 2.44. The molecule has 21 heavy (non-hydrogen) atoms. The normalized spacial score (nSPS) is 11.4. The van der Waals surface area contributed by atoms with Crippen LogP contribution in [0.1, 0.15) is 31.7 Å². The van der Waals surface area contributed by atoms with Gasteiger partial charge in [-0.15, -0.1) is 12.4 Å². The van der Waals surface area contributed by atoms with E-state index in [2.05, 4.69) is 5.32 Å². The molecule has 0 spiro atoms. The Bertz CT molecular complexity index is 413. The van der Waals surface area contributed by atoms with E-state index in [1.165, 1.54) is 5.56 Å². The smallest absolute Gasteiger partial charge is 0.220 e. The fourth-order valence-electron chi connectivity index (χ4n) is 1.74. The second-order valence-corrected chi connectivity index (χ2v) is 5.27. The number of carbonyl (C=O) groups excluding carboxylic acids is 1. The number of rotatable bonds is 9. The number of amides is 1. The number of unbranched alkanes of at least 4 members (excludes halogenated alkanes) is 1. The largest absolute Gasteiger partial charge is 0.494 e. The minimum absolute atomic E-state index is 0. The van der Waals surface area contributed by atoms with Crippen LogP contribution in [0.4, 0.5) is 0 Å². The fourth-order valence-corrected chi connectivity index (χ4v) is 1.74. The molecule has 0 heterocycles. The molecule has 0 bridgehead atoms. The SMILES string of the molecule is Cc1cccc(OCCCCC(=O)NCC(C)CN)c1.Cl. The lowest BCUT2D eigenvalue weighted by atomic mass is 10.2. The van der Waals surface area contributed by atoms with E-state index in [-0.39, 0.29) is 18.3 Å². The van der Waals surface area contributed by atoms with Crippen molar-refractivity contribution in [2.75, 3.05) is 19.7 Å². The first-order valence-corrected chi connectivity index (χ1v) is 7.28. The van der Waals surface area contributed by atoms with Gasteiger partial charge in [0.2, 0.25) is 5.91 Å². The first-order chi connectivity index (χ1) is 9.61. The molecule has 4 nitrogen and oxygen atoms in total. The highest BCUT2D eigenvalue weighted by Gasteiger charge is 2.04. The van der Waals surface area contributed by atoms with Crippen LogP contribution >= 0.6 is 12.4 Å². The van der Waals surface area contributed by atoms with E-state index < -0.39 is 0 Å². The van der Waals surface area contributed by atoms with Crippen LogP contribution < -0.4 is 15.8 Å². The van der Waals surface area contributed by atoms with E-state index >= 15 is 0 Å². The second-order valence-electron chi connectivity index (χ2n) is 5.27. The van der Waals surface area contributed by atoms with E-state index in [1.54, 1.807) is 0 Å². The van der Waals surface area contributed by atoms with Gasteiger partial charge in [-0.2, -0.15) is 0 Å². The number of nitrogens with one attached hydrogen (secondary N) is 1. The maximum absolute atomic E-state index is 11.5. The topological polar surface area (TPSA) is 64.3 Å². The van der Waals surface area contributed by atoms with Crippen molar-refractivity contribution in [1.82, 2.24) is 5.32 Å². The van der Waals surface area contributed by atoms with Gasteiger partial charge in [-0.1, -0.05) is 19.1 Å². The Kier molecular flexibility index (Phi) is 10.7. The van der Waals surface area contributed by atoms with Gasteiger partial charge in [0, 0.05) is 13.0 Å². The zero-order chi connectivity index (χ0) is 14.8. The lowest BCUT2D eigenvalue weighted by molar-refractivity contribution is -0.121. The van der Waals surface area contributed by atoms with Crippen molar-refractivity contribution in [2.24, 2.45) is 11.7 Å². The quantitative estimate of drug-likeness (QED) is 0.689. The second kappa shape index (κ2) is 11.4. The summed E-state index contributed by atoms with van der Waals surface area (Å²) in [4.78, 5) is 11.5. The van der Waals surface area contributed by atoms with Gasteiger partial charge in [-0.25, -0.2) is 0 Å². The number of carbonyl (C=O) groups is 1. The number of halogens is 1. The molecule has 0 aliphatic carbocycles. The van der Waals surface area contributed by atoms with E-state index in [0.29, 0.717) is 32.0 Å². The molecule has 0 saturated heterocycles. The predicted octanol–water partition coefficient (Wildman–Crippen LogP) is 2.68. The summed E-state index contributed by atoms with van der Waals surface area (Å²) in [6.07, 6.45) is 2.27. The molecule has 1 aromatic rings. The van der Waals surface area contributed by atoms with Gasteiger partial charge in [0.05, 0.1) is 6.61 Å². The Hall–Kier alpha value is -1.26. The first-order valence-electron chi connectivity index (χ1n) is 7.28.